The van der Waals surface area contributed by atoms with Gasteiger partial charge in [-0.25, -0.2) is 9.18 Å². The number of carboxylic acids is 1. The molecular formula is C30H28ClFN4O4. The zero-order valence-corrected chi connectivity index (χ0v) is 22.8. The number of aryl methyl sites for hydroxylation is 1. The Morgan fingerprint density at radius 3 is 2.70 bits per heavy atom. The van der Waals surface area contributed by atoms with E-state index in [1.807, 2.05) is 25.1 Å². The molecule has 0 spiro atoms. The molecule has 0 saturated carbocycles. The van der Waals surface area contributed by atoms with E-state index in [-0.39, 0.29) is 11.6 Å². The fraction of sp³-hybridized carbons (Fsp3) is 0.300. The van der Waals surface area contributed by atoms with Gasteiger partial charge in [-0.1, -0.05) is 23.7 Å². The number of ether oxygens (including phenoxy) is 2. The number of piperidine rings is 1. The first-order chi connectivity index (χ1) is 19.2. The highest BCUT2D eigenvalue weighted by molar-refractivity contribution is 6.30. The molecule has 206 valence electrons. The van der Waals surface area contributed by atoms with Crippen LogP contribution in [0.3, 0.4) is 0 Å². The Kier molecular flexibility index (Phi) is 6.72. The number of nitrogens with one attached hydrogen (secondary N) is 1. The Hall–Kier alpha value is -3.95. The van der Waals surface area contributed by atoms with Crippen LogP contribution >= 0.6 is 11.6 Å². The number of nitrogens with zero attached hydrogens (tertiary/aromatic N) is 3. The number of para-hydroxylation sites is 1. The Morgan fingerprint density at radius 2 is 2.00 bits per heavy atom. The largest absolute Gasteiger partial charge is 0.477 e. The minimum absolute atomic E-state index is 0.0439. The lowest BCUT2D eigenvalue weighted by Gasteiger charge is -2.32. The van der Waals surface area contributed by atoms with Gasteiger partial charge in [0.1, 0.15) is 11.5 Å². The highest BCUT2D eigenvalue weighted by Gasteiger charge is 2.43. The first-order valence-electron chi connectivity index (χ1n) is 13.1. The molecule has 40 heavy (non-hydrogen) atoms. The number of halogens is 2. The maximum Gasteiger partial charge on any atom is 0.353 e. The van der Waals surface area contributed by atoms with Crippen molar-refractivity contribution in [1.82, 2.24) is 20.1 Å². The average Bonchev–Trinajstić information content (AvgIpc) is 3.55. The van der Waals surface area contributed by atoms with Crippen LogP contribution in [0.5, 0.6) is 11.5 Å². The van der Waals surface area contributed by atoms with Crippen LogP contribution in [0.15, 0.2) is 54.7 Å². The molecule has 1 unspecified atom stereocenters. The van der Waals surface area contributed by atoms with Crippen LogP contribution in [0, 0.1) is 12.7 Å². The topological polar surface area (TPSA) is 101 Å². The molecule has 1 saturated heterocycles. The van der Waals surface area contributed by atoms with Gasteiger partial charge in [0.25, 0.3) is 5.79 Å². The maximum absolute atomic E-state index is 14.7. The predicted molar refractivity (Wildman–Crippen MR) is 147 cm³/mol. The van der Waals surface area contributed by atoms with Crippen molar-refractivity contribution in [1.29, 1.82) is 0 Å². The first kappa shape index (κ1) is 26.3. The summed E-state index contributed by atoms with van der Waals surface area (Å²) in [6.07, 6.45) is 3.62. The van der Waals surface area contributed by atoms with Gasteiger partial charge in [0.15, 0.2) is 11.5 Å². The lowest BCUT2D eigenvalue weighted by atomic mass is 9.88. The van der Waals surface area contributed by atoms with E-state index in [4.69, 9.17) is 26.2 Å². The Labute approximate surface area is 235 Å². The molecular weight excluding hydrogens is 535 g/mol. The van der Waals surface area contributed by atoms with Crippen molar-refractivity contribution in [2.75, 3.05) is 13.1 Å². The van der Waals surface area contributed by atoms with E-state index in [1.54, 1.807) is 25.3 Å². The third-order valence-corrected chi connectivity index (χ3v) is 7.96. The summed E-state index contributed by atoms with van der Waals surface area (Å²) in [7, 11) is 0. The summed E-state index contributed by atoms with van der Waals surface area (Å²) < 4.78 is 27.2. The number of hydrogen-bond acceptors (Lipinski definition) is 6. The van der Waals surface area contributed by atoms with Crippen molar-refractivity contribution >= 4 is 17.6 Å². The second-order valence-corrected chi connectivity index (χ2v) is 10.9. The van der Waals surface area contributed by atoms with Crippen molar-refractivity contribution in [3.8, 4) is 22.8 Å². The second-order valence-electron chi connectivity index (χ2n) is 10.5. The summed E-state index contributed by atoms with van der Waals surface area (Å²) in [6, 6.07) is 13.9. The summed E-state index contributed by atoms with van der Waals surface area (Å²) in [5.74, 6) is -1.21. The third-order valence-electron chi connectivity index (χ3n) is 7.72. The SMILES string of the molecule is Cc1cc(-c2cc(C(=O)O)[nH]n2)cnc1CN1CCC(c2cccc3c2OC(C)(c2ccc(Cl)cc2F)O3)CC1. The Balaban J connectivity index is 1.12. The summed E-state index contributed by atoms with van der Waals surface area (Å²) in [4.78, 5) is 18.2. The smallest absolute Gasteiger partial charge is 0.353 e. The van der Waals surface area contributed by atoms with Crippen LogP contribution in [0.4, 0.5) is 4.39 Å². The van der Waals surface area contributed by atoms with Crippen molar-refractivity contribution in [2.24, 2.45) is 0 Å². The molecule has 4 heterocycles. The zero-order chi connectivity index (χ0) is 28.0. The maximum atomic E-state index is 14.7. The van der Waals surface area contributed by atoms with Gasteiger partial charge < -0.3 is 14.6 Å². The molecule has 2 aliphatic heterocycles. The fourth-order valence-corrected chi connectivity index (χ4v) is 5.70. The van der Waals surface area contributed by atoms with Gasteiger partial charge in [0, 0.05) is 35.8 Å². The second kappa shape index (κ2) is 10.2. The lowest BCUT2D eigenvalue weighted by Crippen LogP contribution is -2.34. The number of benzene rings is 2. The van der Waals surface area contributed by atoms with Gasteiger partial charge in [-0.15, -0.1) is 0 Å². The molecule has 1 fully saturated rings. The van der Waals surface area contributed by atoms with Crippen molar-refractivity contribution in [3.05, 3.63) is 93.6 Å². The van der Waals surface area contributed by atoms with Crippen LogP contribution in [0.2, 0.25) is 5.02 Å². The van der Waals surface area contributed by atoms with Crippen molar-refractivity contribution < 1.29 is 23.8 Å². The highest BCUT2D eigenvalue weighted by Crippen LogP contribution is 2.49. The molecule has 2 N–H and O–H groups in total. The van der Waals surface area contributed by atoms with Crippen LogP contribution in [0.25, 0.3) is 11.3 Å². The molecule has 0 aliphatic carbocycles. The van der Waals surface area contributed by atoms with E-state index in [0.717, 1.165) is 54.9 Å². The molecule has 0 bridgehead atoms. The van der Waals surface area contributed by atoms with E-state index in [9.17, 15) is 9.18 Å². The van der Waals surface area contributed by atoms with E-state index >= 15 is 0 Å². The van der Waals surface area contributed by atoms with Crippen molar-refractivity contribution in [3.63, 3.8) is 0 Å². The molecule has 0 radical (unpaired) electrons. The molecule has 2 aliphatic rings. The van der Waals surface area contributed by atoms with Crippen LogP contribution in [0.1, 0.15) is 58.6 Å². The standard InChI is InChI=1S/C30H28ClFN4O4/c1-17-12-19(24-14-25(29(37)38)35-34-24)15-33-26(17)16-36-10-8-18(9-11-36)21-4-3-5-27-28(21)40-30(2,39-27)22-7-6-20(31)13-23(22)32/h3-7,12-15,18H,8-11,16H2,1-2H3,(H,34,35)(H,37,38). The molecule has 4 aromatic rings. The van der Waals surface area contributed by atoms with Crippen molar-refractivity contribution in [2.45, 2.75) is 44.9 Å². The minimum Gasteiger partial charge on any atom is -0.477 e. The monoisotopic (exact) mass is 562 g/mol. The molecule has 2 aromatic heterocycles. The summed E-state index contributed by atoms with van der Waals surface area (Å²) in [6.45, 7) is 6.24. The van der Waals surface area contributed by atoms with Crippen LogP contribution < -0.4 is 9.47 Å². The molecule has 0 amide bonds. The number of aromatic amines is 1. The van der Waals surface area contributed by atoms with E-state index in [1.165, 1.54) is 12.1 Å². The summed E-state index contributed by atoms with van der Waals surface area (Å²) in [5.41, 5.74) is 4.76. The average molecular weight is 563 g/mol. The molecule has 2 aromatic carbocycles. The number of aromatic carboxylic acids is 1. The number of aromatic nitrogens is 3. The molecule has 10 heteroatoms. The quantitative estimate of drug-likeness (QED) is 0.284. The number of carbonyl (C=O) groups is 1. The Morgan fingerprint density at radius 1 is 1.20 bits per heavy atom. The van der Waals surface area contributed by atoms with Gasteiger partial charge in [0.2, 0.25) is 0 Å². The van der Waals surface area contributed by atoms with Crippen LogP contribution in [-0.2, 0) is 12.3 Å². The number of hydrogen-bond donors (Lipinski definition) is 2. The third kappa shape index (κ3) is 4.91. The first-order valence-corrected chi connectivity index (χ1v) is 13.5. The number of fused-ring (bicyclic) bond motifs is 1. The summed E-state index contributed by atoms with van der Waals surface area (Å²) in [5, 5.41) is 16.1. The molecule has 1 atom stereocenters. The van der Waals surface area contributed by atoms with Gasteiger partial charge in [-0.2, -0.15) is 5.10 Å². The molecule has 8 nitrogen and oxygen atoms in total. The Bertz CT molecular complexity index is 1600. The minimum atomic E-state index is -1.27. The van der Waals surface area contributed by atoms with Gasteiger partial charge in [-0.3, -0.25) is 15.0 Å². The van der Waals surface area contributed by atoms with E-state index < -0.39 is 17.6 Å². The lowest BCUT2D eigenvalue weighted by molar-refractivity contribution is -0.0712. The highest BCUT2D eigenvalue weighted by atomic mass is 35.5. The molecule has 6 rings (SSSR count). The predicted octanol–water partition coefficient (Wildman–Crippen LogP) is 6.29. The number of rotatable bonds is 6. The van der Waals surface area contributed by atoms with Crippen LogP contribution in [-0.4, -0.2) is 44.2 Å². The van der Waals surface area contributed by atoms with Gasteiger partial charge in [0.05, 0.1) is 17.0 Å². The number of likely N-dealkylation sites (tertiary alicyclic amines) is 1. The number of H-pyrrole nitrogens is 1. The number of pyridine rings is 1. The number of carboxylic acid groups (broad SMARTS) is 1. The van der Waals surface area contributed by atoms with Gasteiger partial charge >= 0.3 is 5.97 Å². The van der Waals surface area contributed by atoms with E-state index in [2.05, 4.69) is 26.1 Å². The van der Waals surface area contributed by atoms with E-state index in [0.29, 0.717) is 27.8 Å². The van der Waals surface area contributed by atoms with Gasteiger partial charge in [-0.05, 0) is 80.7 Å². The zero-order valence-electron chi connectivity index (χ0n) is 22.1. The normalized spacial score (nSPS) is 19.2. The summed E-state index contributed by atoms with van der Waals surface area (Å²) >= 11 is 5.95. The fourth-order valence-electron chi connectivity index (χ4n) is 5.54.